The van der Waals surface area contributed by atoms with Crippen molar-refractivity contribution < 1.29 is 4.74 Å². The second kappa shape index (κ2) is 6.84. The van der Waals surface area contributed by atoms with Crippen LogP contribution in [0.4, 0.5) is 23.0 Å². The predicted molar refractivity (Wildman–Crippen MR) is 105 cm³/mol. The van der Waals surface area contributed by atoms with Gasteiger partial charge in [0, 0.05) is 22.8 Å². The monoisotopic (exact) mass is 366 g/mol. The molecule has 1 aliphatic heterocycles. The van der Waals surface area contributed by atoms with Gasteiger partial charge < -0.3 is 15.0 Å². The van der Waals surface area contributed by atoms with Gasteiger partial charge in [0.2, 0.25) is 0 Å². The summed E-state index contributed by atoms with van der Waals surface area (Å²) < 4.78 is 5.39. The molecular formula is C20H19ClN4O. The van der Waals surface area contributed by atoms with Gasteiger partial charge in [0.25, 0.3) is 0 Å². The fraction of sp³-hybridized carbons (Fsp3) is 0.200. The molecule has 0 spiro atoms. The van der Waals surface area contributed by atoms with Crippen LogP contribution in [0.2, 0.25) is 5.02 Å². The van der Waals surface area contributed by atoms with Crippen molar-refractivity contribution in [3.8, 4) is 5.75 Å². The van der Waals surface area contributed by atoms with Crippen molar-refractivity contribution in [2.24, 2.45) is 0 Å². The average molecular weight is 367 g/mol. The summed E-state index contributed by atoms with van der Waals surface area (Å²) in [6, 6.07) is 16.2. The Morgan fingerprint density at radius 2 is 2.00 bits per heavy atom. The minimum absolute atomic E-state index is 0.343. The lowest BCUT2D eigenvalue weighted by molar-refractivity contribution is 0.417. The van der Waals surface area contributed by atoms with Crippen molar-refractivity contribution in [3.63, 3.8) is 0 Å². The number of fused-ring (bicyclic) bond motifs is 1. The van der Waals surface area contributed by atoms with Crippen LogP contribution >= 0.6 is 11.6 Å². The molecule has 132 valence electrons. The van der Waals surface area contributed by atoms with Crippen LogP contribution in [0.3, 0.4) is 0 Å². The molecule has 1 unspecified atom stereocenters. The molecule has 0 aliphatic carbocycles. The Morgan fingerprint density at radius 1 is 1.15 bits per heavy atom. The Hall–Kier alpha value is -2.79. The molecule has 1 aromatic heterocycles. The molecule has 6 heteroatoms. The number of ether oxygens (including phenoxy) is 1. The summed E-state index contributed by atoms with van der Waals surface area (Å²) in [5, 5.41) is 3.91. The fourth-order valence-corrected chi connectivity index (χ4v) is 3.55. The Balaban J connectivity index is 1.67. The van der Waals surface area contributed by atoms with Crippen LogP contribution in [0.15, 0.2) is 54.9 Å². The number of hydrogen-bond acceptors (Lipinski definition) is 5. The van der Waals surface area contributed by atoms with E-state index in [1.807, 2.05) is 18.2 Å². The van der Waals surface area contributed by atoms with Gasteiger partial charge in [-0.15, -0.1) is 0 Å². The van der Waals surface area contributed by atoms with Crippen LogP contribution < -0.4 is 15.0 Å². The van der Waals surface area contributed by atoms with Crippen LogP contribution in [0.1, 0.15) is 12.5 Å². The quantitative estimate of drug-likeness (QED) is 0.706. The van der Waals surface area contributed by atoms with Gasteiger partial charge in [-0.1, -0.05) is 29.8 Å². The summed E-state index contributed by atoms with van der Waals surface area (Å²) in [6.07, 6.45) is 2.58. The van der Waals surface area contributed by atoms with Gasteiger partial charge in [-0.2, -0.15) is 0 Å². The molecule has 0 amide bonds. The number of nitrogens with zero attached hydrogens (tertiary/aromatic N) is 3. The van der Waals surface area contributed by atoms with Crippen molar-refractivity contribution in [3.05, 3.63) is 65.4 Å². The van der Waals surface area contributed by atoms with Gasteiger partial charge in [0.15, 0.2) is 0 Å². The first kappa shape index (κ1) is 16.7. The highest BCUT2D eigenvalue weighted by Gasteiger charge is 2.27. The maximum Gasteiger partial charge on any atom is 0.142 e. The van der Waals surface area contributed by atoms with Crippen molar-refractivity contribution in [2.45, 2.75) is 19.4 Å². The Morgan fingerprint density at radius 3 is 2.85 bits per heavy atom. The van der Waals surface area contributed by atoms with Crippen LogP contribution in [0, 0.1) is 0 Å². The second-order valence-electron chi connectivity index (χ2n) is 6.28. The van der Waals surface area contributed by atoms with E-state index in [4.69, 9.17) is 16.3 Å². The SMILES string of the molecule is COc1ccc(Cl)cc1Nc1cc(N2c3ccccc3CC2C)ncn1. The number of anilines is 4. The molecule has 2 aromatic carbocycles. The minimum Gasteiger partial charge on any atom is -0.495 e. The van der Waals surface area contributed by atoms with E-state index in [1.165, 1.54) is 11.3 Å². The lowest BCUT2D eigenvalue weighted by atomic mass is 10.1. The van der Waals surface area contributed by atoms with Crippen LogP contribution in [-0.4, -0.2) is 23.1 Å². The second-order valence-corrected chi connectivity index (χ2v) is 6.72. The first-order valence-electron chi connectivity index (χ1n) is 8.45. The molecule has 0 fully saturated rings. The van der Waals surface area contributed by atoms with Crippen LogP contribution in [0.25, 0.3) is 0 Å². The molecule has 0 saturated heterocycles. The first-order valence-corrected chi connectivity index (χ1v) is 8.83. The Kier molecular flexibility index (Phi) is 4.39. The lowest BCUT2D eigenvalue weighted by Crippen LogP contribution is -2.24. The Bertz CT molecular complexity index is 947. The van der Waals surface area contributed by atoms with Crippen molar-refractivity contribution >= 4 is 34.6 Å². The van der Waals surface area contributed by atoms with E-state index in [1.54, 1.807) is 19.5 Å². The smallest absolute Gasteiger partial charge is 0.142 e. The van der Waals surface area contributed by atoms with Gasteiger partial charge in [-0.3, -0.25) is 0 Å². The number of halogens is 1. The molecule has 1 atom stereocenters. The third-order valence-corrected chi connectivity index (χ3v) is 4.77. The third-order valence-electron chi connectivity index (χ3n) is 4.53. The van der Waals surface area contributed by atoms with E-state index < -0.39 is 0 Å². The summed E-state index contributed by atoms with van der Waals surface area (Å²) in [6.45, 7) is 2.20. The number of rotatable bonds is 4. The maximum absolute atomic E-state index is 6.11. The summed E-state index contributed by atoms with van der Waals surface area (Å²) in [5.41, 5.74) is 3.30. The van der Waals surface area contributed by atoms with Crippen molar-refractivity contribution in [2.75, 3.05) is 17.3 Å². The molecule has 5 nitrogen and oxygen atoms in total. The average Bonchev–Trinajstić information content (AvgIpc) is 2.98. The molecule has 26 heavy (non-hydrogen) atoms. The third kappa shape index (κ3) is 3.06. The van der Waals surface area contributed by atoms with Crippen LogP contribution in [-0.2, 0) is 6.42 Å². The highest BCUT2D eigenvalue weighted by Crippen LogP contribution is 2.38. The molecule has 0 radical (unpaired) electrons. The molecule has 2 heterocycles. The van der Waals surface area contributed by atoms with Gasteiger partial charge >= 0.3 is 0 Å². The number of hydrogen-bond donors (Lipinski definition) is 1. The summed E-state index contributed by atoms with van der Waals surface area (Å²) in [7, 11) is 1.63. The fourth-order valence-electron chi connectivity index (χ4n) is 3.38. The van der Waals surface area contributed by atoms with Crippen molar-refractivity contribution in [1.29, 1.82) is 0 Å². The molecule has 0 saturated carbocycles. The molecule has 0 bridgehead atoms. The molecule has 4 rings (SSSR count). The maximum atomic E-state index is 6.11. The van der Waals surface area contributed by atoms with E-state index >= 15 is 0 Å². The number of nitrogens with one attached hydrogen (secondary N) is 1. The number of aromatic nitrogens is 2. The number of benzene rings is 2. The predicted octanol–water partition coefficient (Wildman–Crippen LogP) is 4.96. The van der Waals surface area contributed by atoms with Gasteiger partial charge in [-0.05, 0) is 43.2 Å². The van der Waals surface area contributed by atoms with Gasteiger partial charge in [-0.25, -0.2) is 9.97 Å². The normalized spacial score (nSPS) is 15.7. The molecule has 1 aliphatic rings. The van der Waals surface area contributed by atoms with E-state index in [0.717, 1.165) is 17.9 Å². The van der Waals surface area contributed by atoms with Gasteiger partial charge in [0.1, 0.15) is 23.7 Å². The zero-order valence-corrected chi connectivity index (χ0v) is 15.4. The Labute approximate surface area is 157 Å². The lowest BCUT2D eigenvalue weighted by Gasteiger charge is -2.24. The van der Waals surface area contributed by atoms with E-state index in [2.05, 4.69) is 51.4 Å². The molecule has 3 aromatic rings. The number of para-hydroxylation sites is 1. The largest absolute Gasteiger partial charge is 0.495 e. The van der Waals surface area contributed by atoms with E-state index in [-0.39, 0.29) is 0 Å². The molecular weight excluding hydrogens is 348 g/mol. The van der Waals surface area contributed by atoms with Gasteiger partial charge in [0.05, 0.1) is 12.8 Å². The minimum atomic E-state index is 0.343. The number of methoxy groups -OCH3 is 1. The summed E-state index contributed by atoms with van der Waals surface area (Å²) in [4.78, 5) is 11.1. The first-order chi connectivity index (χ1) is 12.7. The van der Waals surface area contributed by atoms with E-state index in [9.17, 15) is 0 Å². The van der Waals surface area contributed by atoms with E-state index in [0.29, 0.717) is 22.6 Å². The standard InChI is InChI=1S/C20H19ClN4O/c1-13-9-14-5-3-4-6-17(14)25(13)20-11-19(22-12-23-20)24-16-10-15(21)7-8-18(16)26-2/h3-8,10-13H,9H2,1-2H3,(H,22,23,24). The zero-order valence-electron chi connectivity index (χ0n) is 14.6. The highest BCUT2D eigenvalue weighted by molar-refractivity contribution is 6.31. The van der Waals surface area contributed by atoms with Crippen LogP contribution in [0.5, 0.6) is 5.75 Å². The summed E-state index contributed by atoms with van der Waals surface area (Å²) >= 11 is 6.11. The zero-order chi connectivity index (χ0) is 18.1. The highest BCUT2D eigenvalue weighted by atomic mass is 35.5. The summed E-state index contributed by atoms with van der Waals surface area (Å²) in [5.74, 6) is 2.25. The van der Waals surface area contributed by atoms with Crippen molar-refractivity contribution in [1.82, 2.24) is 9.97 Å². The topological polar surface area (TPSA) is 50.3 Å². The molecule has 1 N–H and O–H groups in total.